The average molecular weight is 428 g/mol. The fraction of sp³-hybridized carbons (Fsp3) is 0.273. The van der Waals surface area contributed by atoms with Crippen LogP contribution in [0, 0.1) is 25.2 Å². The Kier molecular flexibility index (Phi) is 6.73. The summed E-state index contributed by atoms with van der Waals surface area (Å²) in [6.45, 7) is 6.33. The summed E-state index contributed by atoms with van der Waals surface area (Å²) in [4.78, 5) is 12.6. The third-order valence-electron chi connectivity index (χ3n) is 4.90. The Balaban J connectivity index is 1.73. The van der Waals surface area contributed by atoms with E-state index in [0.717, 1.165) is 22.6 Å². The van der Waals surface area contributed by atoms with Crippen LogP contribution >= 0.6 is 23.4 Å². The normalized spacial score (nSPS) is 11.8. The number of anilines is 1. The van der Waals surface area contributed by atoms with Gasteiger partial charge in [0.15, 0.2) is 0 Å². The van der Waals surface area contributed by atoms with Gasteiger partial charge in [-0.15, -0.1) is 11.8 Å². The van der Waals surface area contributed by atoms with Gasteiger partial charge < -0.3 is 14.3 Å². The van der Waals surface area contributed by atoms with E-state index >= 15 is 0 Å². The van der Waals surface area contributed by atoms with Crippen molar-refractivity contribution in [3.05, 3.63) is 75.8 Å². The van der Waals surface area contributed by atoms with Gasteiger partial charge in [0.25, 0.3) is 0 Å². The summed E-state index contributed by atoms with van der Waals surface area (Å²) >= 11 is 7.47. The van der Waals surface area contributed by atoms with Crippen molar-refractivity contribution < 1.29 is 9.21 Å². The maximum atomic E-state index is 12.6. The molecule has 0 saturated heterocycles. The van der Waals surface area contributed by atoms with Crippen molar-refractivity contribution in [2.75, 3.05) is 11.1 Å². The summed E-state index contributed by atoms with van der Waals surface area (Å²) < 4.78 is 7.36. The van der Waals surface area contributed by atoms with E-state index in [1.54, 1.807) is 6.26 Å². The Labute approximate surface area is 179 Å². The molecule has 2 heterocycles. The molecule has 0 saturated carbocycles. The van der Waals surface area contributed by atoms with Crippen LogP contribution in [0.2, 0.25) is 5.02 Å². The molecule has 3 rings (SSSR count). The van der Waals surface area contributed by atoms with Crippen molar-refractivity contribution in [1.82, 2.24) is 4.57 Å². The number of thioether (sulfide) groups is 1. The molecule has 29 heavy (non-hydrogen) atoms. The first kappa shape index (κ1) is 21.1. The van der Waals surface area contributed by atoms with Gasteiger partial charge in [0, 0.05) is 16.0 Å². The maximum Gasteiger partial charge on any atom is 0.235 e. The molecule has 0 spiro atoms. The lowest BCUT2D eigenvalue weighted by atomic mass is 10.2. The minimum absolute atomic E-state index is 0.145. The highest BCUT2D eigenvalue weighted by Crippen LogP contribution is 2.30. The molecule has 1 atom stereocenters. The zero-order chi connectivity index (χ0) is 21.0. The number of nitrogens with one attached hydrogen (secondary N) is 1. The first-order chi connectivity index (χ1) is 13.9. The summed E-state index contributed by atoms with van der Waals surface area (Å²) in [5, 5.41) is 13.4. The van der Waals surface area contributed by atoms with Crippen LogP contribution < -0.4 is 5.32 Å². The molecule has 1 unspecified atom stereocenters. The van der Waals surface area contributed by atoms with Gasteiger partial charge in [-0.1, -0.05) is 23.7 Å². The van der Waals surface area contributed by atoms with Crippen LogP contribution in [0.4, 0.5) is 5.82 Å². The molecule has 7 heteroatoms. The molecular weight excluding hydrogens is 406 g/mol. The van der Waals surface area contributed by atoms with Crippen LogP contribution in [0.25, 0.3) is 0 Å². The molecule has 0 bridgehead atoms. The molecule has 0 aliphatic rings. The third kappa shape index (κ3) is 4.87. The molecule has 0 fully saturated rings. The fourth-order valence-electron chi connectivity index (χ4n) is 3.09. The number of furan rings is 1. The number of carbonyl (C=O) groups excluding carboxylic acids is 1. The summed E-state index contributed by atoms with van der Waals surface area (Å²) in [5.41, 5.74) is 3.38. The van der Waals surface area contributed by atoms with Crippen LogP contribution in [0.5, 0.6) is 0 Å². The first-order valence-corrected chi connectivity index (χ1v) is 10.6. The van der Waals surface area contributed by atoms with E-state index in [1.165, 1.54) is 11.8 Å². The lowest BCUT2D eigenvalue weighted by molar-refractivity contribution is -0.113. The molecule has 5 nitrogen and oxygen atoms in total. The Hall–Kier alpha value is -2.62. The van der Waals surface area contributed by atoms with Gasteiger partial charge in [-0.25, -0.2) is 0 Å². The van der Waals surface area contributed by atoms with Gasteiger partial charge >= 0.3 is 0 Å². The lowest BCUT2D eigenvalue weighted by Crippen LogP contribution is -2.19. The van der Waals surface area contributed by atoms with E-state index in [2.05, 4.69) is 18.3 Å². The van der Waals surface area contributed by atoms with Gasteiger partial charge in [0.05, 0.1) is 24.1 Å². The summed E-state index contributed by atoms with van der Waals surface area (Å²) in [6.07, 6.45) is 1.61. The standard InChI is InChI=1S/C22H22ClN3O2S/c1-14-15(2)26(12-19-5-4-10-28-19)22(20(14)11-24)25-21(27)13-29-16(3)17-6-8-18(23)9-7-17/h4-10,16H,12-13H2,1-3H3,(H,25,27). The van der Waals surface area contributed by atoms with Crippen LogP contribution in [-0.2, 0) is 11.3 Å². The second-order valence-electron chi connectivity index (χ2n) is 6.76. The smallest absolute Gasteiger partial charge is 0.235 e. The monoisotopic (exact) mass is 427 g/mol. The van der Waals surface area contributed by atoms with Gasteiger partial charge in [-0.2, -0.15) is 5.26 Å². The summed E-state index contributed by atoms with van der Waals surface area (Å²) in [6, 6.07) is 13.5. The minimum Gasteiger partial charge on any atom is -0.467 e. The summed E-state index contributed by atoms with van der Waals surface area (Å²) in [5.74, 6) is 1.40. The zero-order valence-corrected chi connectivity index (χ0v) is 18.1. The number of benzene rings is 1. The highest BCUT2D eigenvalue weighted by molar-refractivity contribution is 8.00. The third-order valence-corrected chi connectivity index (χ3v) is 6.35. The van der Waals surface area contributed by atoms with Crippen molar-refractivity contribution in [2.24, 2.45) is 0 Å². The number of nitriles is 1. The number of carbonyl (C=O) groups is 1. The molecule has 1 aromatic carbocycles. The second-order valence-corrected chi connectivity index (χ2v) is 8.53. The highest BCUT2D eigenvalue weighted by atomic mass is 35.5. The van der Waals surface area contributed by atoms with Crippen molar-refractivity contribution >= 4 is 35.1 Å². The minimum atomic E-state index is -0.148. The van der Waals surface area contributed by atoms with Crippen LogP contribution in [0.15, 0.2) is 47.1 Å². The number of aromatic nitrogens is 1. The number of amides is 1. The zero-order valence-electron chi connectivity index (χ0n) is 16.5. The van der Waals surface area contributed by atoms with Gasteiger partial charge in [0.1, 0.15) is 17.6 Å². The number of hydrogen-bond donors (Lipinski definition) is 1. The molecule has 2 aromatic heterocycles. The van der Waals surface area contributed by atoms with E-state index in [0.29, 0.717) is 22.9 Å². The Bertz CT molecular complexity index is 1030. The van der Waals surface area contributed by atoms with E-state index in [9.17, 15) is 10.1 Å². The molecule has 3 aromatic rings. The molecule has 1 amide bonds. The van der Waals surface area contributed by atoms with Crippen LogP contribution in [-0.4, -0.2) is 16.2 Å². The predicted octanol–water partition coefficient (Wildman–Crippen LogP) is 5.70. The molecular formula is C22H22ClN3O2S. The topological polar surface area (TPSA) is 71.0 Å². The van der Waals surface area contributed by atoms with Crippen LogP contribution in [0.3, 0.4) is 0 Å². The van der Waals surface area contributed by atoms with Gasteiger partial charge in [-0.3, -0.25) is 4.79 Å². The number of hydrogen-bond acceptors (Lipinski definition) is 4. The quantitative estimate of drug-likeness (QED) is 0.524. The molecule has 0 aliphatic heterocycles. The fourth-order valence-corrected chi connectivity index (χ4v) is 4.03. The Morgan fingerprint density at radius 1 is 1.31 bits per heavy atom. The van der Waals surface area contributed by atoms with E-state index in [4.69, 9.17) is 16.0 Å². The largest absolute Gasteiger partial charge is 0.467 e. The van der Waals surface area contributed by atoms with Crippen molar-refractivity contribution in [2.45, 2.75) is 32.6 Å². The van der Waals surface area contributed by atoms with Crippen molar-refractivity contribution in [1.29, 1.82) is 5.26 Å². The number of halogens is 1. The number of nitrogens with zero attached hydrogens (tertiary/aromatic N) is 2. The Morgan fingerprint density at radius 3 is 2.66 bits per heavy atom. The van der Waals surface area contributed by atoms with Crippen molar-refractivity contribution in [3.8, 4) is 6.07 Å². The summed E-state index contributed by atoms with van der Waals surface area (Å²) in [7, 11) is 0. The van der Waals surface area contributed by atoms with Crippen LogP contribution in [0.1, 0.15) is 40.3 Å². The van der Waals surface area contributed by atoms with Gasteiger partial charge in [0.2, 0.25) is 5.91 Å². The molecule has 0 radical (unpaired) electrons. The van der Waals surface area contributed by atoms with Gasteiger partial charge in [-0.05, 0) is 56.2 Å². The van der Waals surface area contributed by atoms with E-state index in [-0.39, 0.29) is 16.9 Å². The SMILES string of the molecule is Cc1c(C#N)c(NC(=O)CSC(C)c2ccc(Cl)cc2)n(Cc2ccco2)c1C. The highest BCUT2D eigenvalue weighted by Gasteiger charge is 2.20. The second kappa shape index (κ2) is 9.25. The Morgan fingerprint density at radius 2 is 2.03 bits per heavy atom. The first-order valence-electron chi connectivity index (χ1n) is 9.19. The lowest BCUT2D eigenvalue weighted by Gasteiger charge is -2.14. The maximum absolute atomic E-state index is 12.6. The number of rotatable bonds is 7. The predicted molar refractivity (Wildman–Crippen MR) is 117 cm³/mol. The molecule has 0 aliphatic carbocycles. The van der Waals surface area contributed by atoms with E-state index in [1.807, 2.05) is 54.8 Å². The van der Waals surface area contributed by atoms with Crippen molar-refractivity contribution in [3.63, 3.8) is 0 Å². The average Bonchev–Trinajstić information content (AvgIpc) is 3.30. The molecule has 1 N–H and O–H groups in total. The molecule has 150 valence electrons. The van der Waals surface area contributed by atoms with E-state index < -0.39 is 0 Å².